The molecule has 0 aliphatic rings. The van der Waals surface area contributed by atoms with Crippen molar-refractivity contribution in [3.8, 4) is 0 Å². The van der Waals surface area contributed by atoms with Crippen molar-refractivity contribution in [1.82, 2.24) is 0 Å². The van der Waals surface area contributed by atoms with Crippen LogP contribution in [0.1, 0.15) is 45.1 Å². The lowest BCUT2D eigenvalue weighted by Gasteiger charge is -2.08. The van der Waals surface area contributed by atoms with E-state index in [9.17, 15) is 0 Å². The Kier molecular flexibility index (Phi) is 6.63. The van der Waals surface area contributed by atoms with Crippen LogP contribution in [0.4, 0.5) is 5.69 Å². The minimum atomic E-state index is 1.00. The first-order valence-electron chi connectivity index (χ1n) is 8.17. The number of nitrogens with zero attached hydrogens (tertiary/aromatic N) is 1. The van der Waals surface area contributed by atoms with Gasteiger partial charge in [-0.2, -0.15) is 0 Å². The Morgan fingerprint density at radius 1 is 0.909 bits per heavy atom. The molecular weight excluding hydrogens is 266 g/mol. The van der Waals surface area contributed by atoms with Gasteiger partial charge in [0.2, 0.25) is 0 Å². The number of aliphatic imine (C=N–C) groups is 1. The van der Waals surface area contributed by atoms with E-state index >= 15 is 0 Å². The average Bonchev–Trinajstić information content (AvgIpc) is 2.58. The van der Waals surface area contributed by atoms with Crippen molar-refractivity contribution in [1.29, 1.82) is 0 Å². The summed E-state index contributed by atoms with van der Waals surface area (Å²) in [5.74, 6) is 0. The predicted octanol–water partition coefficient (Wildman–Crippen LogP) is 6.33. The van der Waals surface area contributed by atoms with Crippen LogP contribution in [0.5, 0.6) is 0 Å². The summed E-state index contributed by atoms with van der Waals surface area (Å²) in [7, 11) is 0. The predicted molar refractivity (Wildman–Crippen MR) is 97.0 cm³/mol. The first-order valence-corrected chi connectivity index (χ1v) is 8.17. The van der Waals surface area contributed by atoms with E-state index in [-0.39, 0.29) is 0 Å². The quantitative estimate of drug-likeness (QED) is 0.417. The van der Waals surface area contributed by atoms with Gasteiger partial charge in [-0.05, 0) is 37.5 Å². The van der Waals surface area contributed by atoms with Crippen molar-refractivity contribution in [3.63, 3.8) is 0 Å². The fraction of sp³-hybridized carbons (Fsp3) is 0.286. The molecule has 22 heavy (non-hydrogen) atoms. The monoisotopic (exact) mass is 291 g/mol. The number of allylic oxidation sites excluding steroid dienone is 2. The highest BCUT2D eigenvalue weighted by atomic mass is 14.7. The second-order valence-electron chi connectivity index (χ2n) is 5.54. The van der Waals surface area contributed by atoms with E-state index in [1.54, 1.807) is 0 Å². The molecule has 0 N–H and O–H groups in total. The molecule has 1 nitrogen and oxygen atoms in total. The Labute approximate surface area is 134 Å². The summed E-state index contributed by atoms with van der Waals surface area (Å²) < 4.78 is 0. The minimum Gasteiger partial charge on any atom is -0.248 e. The molecule has 0 atom stereocenters. The summed E-state index contributed by atoms with van der Waals surface area (Å²) in [6.45, 7) is 4.41. The van der Waals surface area contributed by atoms with Crippen molar-refractivity contribution < 1.29 is 0 Å². The van der Waals surface area contributed by atoms with Crippen LogP contribution in [0, 0.1) is 0 Å². The molecule has 0 saturated carbocycles. The molecule has 0 aromatic heterocycles. The summed E-state index contributed by atoms with van der Waals surface area (Å²) >= 11 is 0. The van der Waals surface area contributed by atoms with Crippen LogP contribution < -0.4 is 0 Å². The van der Waals surface area contributed by atoms with Gasteiger partial charge >= 0.3 is 0 Å². The van der Waals surface area contributed by atoms with Crippen LogP contribution in [-0.2, 0) is 0 Å². The fourth-order valence-corrected chi connectivity index (χ4v) is 2.42. The van der Waals surface area contributed by atoms with E-state index in [0.717, 1.165) is 17.8 Å². The molecule has 0 heterocycles. The third-order valence-corrected chi connectivity index (χ3v) is 3.68. The van der Waals surface area contributed by atoms with E-state index in [1.807, 2.05) is 36.4 Å². The first-order chi connectivity index (χ1) is 10.8. The second kappa shape index (κ2) is 8.99. The molecule has 0 fully saturated rings. The largest absolute Gasteiger partial charge is 0.248 e. The van der Waals surface area contributed by atoms with Gasteiger partial charge in [0.05, 0.1) is 11.4 Å². The van der Waals surface area contributed by atoms with Crippen molar-refractivity contribution in [3.05, 3.63) is 77.9 Å². The van der Waals surface area contributed by atoms with E-state index in [4.69, 9.17) is 4.99 Å². The zero-order valence-corrected chi connectivity index (χ0v) is 13.6. The van der Waals surface area contributed by atoms with Crippen LogP contribution in [0.2, 0.25) is 0 Å². The SMILES string of the molecule is CCCCCC=C(C)C(=Nc1ccccc1)c1ccccc1. The van der Waals surface area contributed by atoms with Crippen LogP contribution in [-0.4, -0.2) is 5.71 Å². The van der Waals surface area contributed by atoms with Crippen molar-refractivity contribution in [2.45, 2.75) is 39.5 Å². The average molecular weight is 291 g/mol. The molecule has 0 amide bonds. The fourth-order valence-electron chi connectivity index (χ4n) is 2.42. The molecule has 2 rings (SSSR count). The van der Waals surface area contributed by atoms with Crippen molar-refractivity contribution in [2.75, 3.05) is 0 Å². The van der Waals surface area contributed by atoms with Crippen LogP contribution >= 0.6 is 0 Å². The van der Waals surface area contributed by atoms with Gasteiger partial charge < -0.3 is 0 Å². The lowest BCUT2D eigenvalue weighted by molar-refractivity contribution is 0.728. The lowest BCUT2D eigenvalue weighted by Crippen LogP contribution is -2.02. The first kappa shape index (κ1) is 16.2. The highest BCUT2D eigenvalue weighted by molar-refractivity contribution is 6.13. The van der Waals surface area contributed by atoms with Gasteiger partial charge in [-0.1, -0.05) is 74.4 Å². The molecule has 0 aliphatic heterocycles. The molecule has 0 unspecified atom stereocenters. The number of para-hydroxylation sites is 1. The number of benzene rings is 2. The summed E-state index contributed by atoms with van der Waals surface area (Å²) in [5, 5.41) is 0. The zero-order chi connectivity index (χ0) is 15.6. The van der Waals surface area contributed by atoms with Gasteiger partial charge in [-0.15, -0.1) is 0 Å². The molecular formula is C21H25N. The maximum absolute atomic E-state index is 4.88. The number of hydrogen-bond donors (Lipinski definition) is 0. The lowest BCUT2D eigenvalue weighted by atomic mass is 10.0. The molecule has 0 bridgehead atoms. The van der Waals surface area contributed by atoms with Crippen LogP contribution in [0.25, 0.3) is 0 Å². The zero-order valence-electron chi connectivity index (χ0n) is 13.6. The topological polar surface area (TPSA) is 12.4 Å². The highest BCUT2D eigenvalue weighted by Crippen LogP contribution is 2.18. The molecule has 0 aliphatic carbocycles. The normalized spacial score (nSPS) is 12.5. The van der Waals surface area contributed by atoms with Crippen LogP contribution in [0.15, 0.2) is 77.3 Å². The van der Waals surface area contributed by atoms with Crippen molar-refractivity contribution in [2.24, 2.45) is 4.99 Å². The van der Waals surface area contributed by atoms with Crippen LogP contribution in [0.3, 0.4) is 0 Å². The molecule has 0 spiro atoms. The standard InChI is InChI=1S/C21H25N/c1-3-4-5-8-13-18(2)21(19-14-9-6-10-15-19)22-20-16-11-7-12-17-20/h6-7,9-17H,3-5,8H2,1-2H3. The van der Waals surface area contributed by atoms with Gasteiger partial charge in [-0.25, -0.2) is 4.99 Å². The Morgan fingerprint density at radius 2 is 1.55 bits per heavy atom. The van der Waals surface area contributed by atoms with E-state index in [2.05, 4.69) is 44.2 Å². The van der Waals surface area contributed by atoms with E-state index < -0.39 is 0 Å². The molecule has 1 heteroatoms. The summed E-state index contributed by atoms with van der Waals surface area (Å²) in [6.07, 6.45) is 7.25. The summed E-state index contributed by atoms with van der Waals surface area (Å²) in [4.78, 5) is 4.88. The number of hydrogen-bond acceptors (Lipinski definition) is 1. The molecule has 0 radical (unpaired) electrons. The second-order valence-corrected chi connectivity index (χ2v) is 5.54. The Morgan fingerprint density at radius 3 is 2.18 bits per heavy atom. The number of rotatable bonds is 7. The van der Waals surface area contributed by atoms with Gasteiger partial charge in [0.1, 0.15) is 0 Å². The number of unbranched alkanes of at least 4 members (excludes halogenated alkanes) is 3. The maximum Gasteiger partial charge on any atom is 0.0735 e. The molecule has 114 valence electrons. The van der Waals surface area contributed by atoms with Crippen molar-refractivity contribution >= 4 is 11.4 Å². The van der Waals surface area contributed by atoms with E-state index in [0.29, 0.717) is 0 Å². The smallest absolute Gasteiger partial charge is 0.0735 e. The van der Waals surface area contributed by atoms with E-state index in [1.165, 1.54) is 30.4 Å². The summed E-state index contributed by atoms with van der Waals surface area (Å²) in [6, 6.07) is 20.6. The third-order valence-electron chi connectivity index (χ3n) is 3.68. The molecule has 2 aromatic rings. The Hall–Kier alpha value is -2.15. The summed E-state index contributed by atoms with van der Waals surface area (Å²) in [5.41, 5.74) is 4.51. The third kappa shape index (κ3) is 5.00. The Bertz CT molecular complexity index is 609. The molecule has 2 aromatic carbocycles. The Balaban J connectivity index is 2.28. The maximum atomic E-state index is 4.88. The molecule has 0 saturated heterocycles. The van der Waals surface area contributed by atoms with Gasteiger partial charge in [0, 0.05) is 5.56 Å². The van der Waals surface area contributed by atoms with Gasteiger partial charge in [0.25, 0.3) is 0 Å². The minimum absolute atomic E-state index is 1.00. The van der Waals surface area contributed by atoms with Gasteiger partial charge in [0.15, 0.2) is 0 Å². The van der Waals surface area contributed by atoms with Gasteiger partial charge in [-0.3, -0.25) is 0 Å². The highest BCUT2D eigenvalue weighted by Gasteiger charge is 2.06.